The van der Waals surface area contributed by atoms with Crippen LogP contribution in [0.5, 0.6) is 0 Å². The smallest absolute Gasteiger partial charge is 0.330 e. The second-order valence-corrected chi connectivity index (χ2v) is 10.4. The van der Waals surface area contributed by atoms with Crippen molar-refractivity contribution < 1.29 is 35.9 Å². The number of nitrogens with one attached hydrogen (secondary N) is 3. The third-order valence-electron chi connectivity index (χ3n) is 3.37. The Bertz CT molecular complexity index is 737. The number of amides is 1. The molecule has 0 aromatic rings. The summed E-state index contributed by atoms with van der Waals surface area (Å²) in [6.07, 6.45) is 1.03. The zero-order valence-corrected chi connectivity index (χ0v) is 18.5. The second-order valence-electron chi connectivity index (χ2n) is 5.88. The third-order valence-corrected chi connectivity index (χ3v) is 7.73. The van der Waals surface area contributed by atoms with Gasteiger partial charge in [-0.3, -0.25) is 4.79 Å². The molecule has 0 saturated carbocycles. The molecule has 0 spiro atoms. The molecule has 0 aliphatic heterocycles. The molecule has 0 bridgehead atoms. The van der Waals surface area contributed by atoms with Gasteiger partial charge in [0, 0.05) is 26.2 Å². The Morgan fingerprint density at radius 1 is 1.07 bits per heavy atom. The number of hydrogen-bond donors (Lipinski definition) is 3. The van der Waals surface area contributed by atoms with E-state index in [0.717, 1.165) is 13.1 Å². The van der Waals surface area contributed by atoms with Crippen molar-refractivity contribution in [1.29, 1.82) is 0 Å². The van der Waals surface area contributed by atoms with Crippen molar-refractivity contribution in [1.82, 2.24) is 19.1 Å². The van der Waals surface area contributed by atoms with Crippen molar-refractivity contribution in [3.05, 3.63) is 12.7 Å². The Hall–Kier alpha value is -1.58. The summed E-state index contributed by atoms with van der Waals surface area (Å²) >= 11 is 0. The molecule has 14 heteroatoms. The van der Waals surface area contributed by atoms with Crippen LogP contribution in [0.15, 0.2) is 12.7 Å². The fourth-order valence-electron chi connectivity index (χ4n) is 1.68. The van der Waals surface area contributed by atoms with E-state index in [0.29, 0.717) is 10.3 Å². The maximum atomic E-state index is 11.9. The number of sulfonamides is 1. The minimum Gasteiger partial charge on any atom is -0.461 e. The van der Waals surface area contributed by atoms with Gasteiger partial charge < -0.3 is 20.1 Å². The number of rotatable bonds is 16. The third kappa shape index (κ3) is 11.3. The lowest BCUT2D eigenvalue weighted by molar-refractivity contribution is -0.138. The summed E-state index contributed by atoms with van der Waals surface area (Å²) in [5, 5.41) is 4.48. The summed E-state index contributed by atoms with van der Waals surface area (Å²) in [5.41, 5.74) is 0. The van der Waals surface area contributed by atoms with Crippen LogP contribution in [0.3, 0.4) is 0 Å². The van der Waals surface area contributed by atoms with Crippen molar-refractivity contribution in [3.63, 3.8) is 0 Å². The predicted octanol–water partition coefficient (Wildman–Crippen LogP) is -2.06. The fourth-order valence-corrected chi connectivity index (χ4v) is 4.56. The molecule has 29 heavy (non-hydrogen) atoms. The first-order valence-electron chi connectivity index (χ1n) is 8.77. The first-order valence-corrected chi connectivity index (χ1v) is 11.7. The van der Waals surface area contributed by atoms with Crippen molar-refractivity contribution in [2.75, 3.05) is 53.0 Å². The van der Waals surface area contributed by atoms with Gasteiger partial charge in [0.1, 0.15) is 6.61 Å². The molecule has 0 unspecified atom stereocenters. The Morgan fingerprint density at radius 2 is 1.69 bits per heavy atom. The molecule has 0 atom stereocenters. The molecule has 3 N–H and O–H groups in total. The van der Waals surface area contributed by atoms with Gasteiger partial charge in [0.2, 0.25) is 15.9 Å². The highest BCUT2D eigenvalue weighted by atomic mass is 32.3. The van der Waals surface area contributed by atoms with Gasteiger partial charge in [0.25, 0.3) is 10.2 Å². The van der Waals surface area contributed by atoms with Crippen LogP contribution in [0.1, 0.15) is 13.8 Å². The van der Waals surface area contributed by atoms with E-state index in [1.807, 2.05) is 0 Å². The lowest BCUT2D eigenvalue weighted by Gasteiger charge is -2.19. The van der Waals surface area contributed by atoms with Crippen LogP contribution in [-0.4, -0.2) is 90.7 Å². The molecule has 170 valence electrons. The van der Waals surface area contributed by atoms with Gasteiger partial charge in [-0.2, -0.15) is 13.1 Å². The molecular weight excluding hydrogens is 428 g/mol. The highest BCUT2D eigenvalue weighted by Crippen LogP contribution is 2.09. The van der Waals surface area contributed by atoms with Gasteiger partial charge in [0.05, 0.1) is 31.6 Å². The molecule has 0 aromatic heterocycles. The highest BCUT2D eigenvalue weighted by Gasteiger charge is 2.32. The minimum absolute atomic E-state index is 0.0251. The van der Waals surface area contributed by atoms with E-state index in [9.17, 15) is 26.4 Å². The van der Waals surface area contributed by atoms with Gasteiger partial charge in [-0.25, -0.2) is 13.2 Å². The number of hydrogen-bond acceptors (Lipinski definition) is 9. The first kappa shape index (κ1) is 27.4. The van der Waals surface area contributed by atoms with Gasteiger partial charge in [0.15, 0.2) is 0 Å². The lowest BCUT2D eigenvalue weighted by Crippen LogP contribution is -2.45. The van der Waals surface area contributed by atoms with Crippen LogP contribution in [0.2, 0.25) is 0 Å². The molecule has 12 nitrogen and oxygen atoms in total. The van der Waals surface area contributed by atoms with Crippen molar-refractivity contribution >= 4 is 32.1 Å². The fraction of sp³-hybridized carbons (Fsp3) is 0.733. The molecule has 0 heterocycles. The van der Waals surface area contributed by atoms with Gasteiger partial charge in [-0.05, 0) is 13.8 Å². The number of esters is 1. The van der Waals surface area contributed by atoms with Gasteiger partial charge in [-0.15, -0.1) is 0 Å². The summed E-state index contributed by atoms with van der Waals surface area (Å²) in [4.78, 5) is 22.3. The Kier molecular flexibility index (Phi) is 12.9. The number of ether oxygens (including phenoxy) is 2. The van der Waals surface area contributed by atoms with Crippen LogP contribution in [0.4, 0.5) is 0 Å². The van der Waals surface area contributed by atoms with Crippen LogP contribution in [0.25, 0.3) is 0 Å². The Balaban J connectivity index is 3.84. The Morgan fingerprint density at radius 3 is 2.28 bits per heavy atom. The molecule has 0 aliphatic rings. The van der Waals surface area contributed by atoms with Crippen molar-refractivity contribution in [2.24, 2.45) is 0 Å². The molecule has 0 radical (unpaired) electrons. The minimum atomic E-state index is -4.18. The molecular formula is C15H30N4O8S2. The molecule has 1 amide bonds. The molecule has 0 saturated heterocycles. The van der Waals surface area contributed by atoms with Gasteiger partial charge in [-0.1, -0.05) is 10.3 Å². The zero-order chi connectivity index (χ0) is 22.5. The average molecular weight is 459 g/mol. The standard InChI is InChI=1S/C15H30N4O8S2/c1-5-15(21)27-11-7-17-14(20)12-16-6-9-26-10-8-18-29(24,25)19(4)28(22,23)13(2)3/h5,13,16,18H,1,6-12H2,2-4H3,(H,17,20). The van der Waals surface area contributed by atoms with E-state index in [-0.39, 0.29) is 45.4 Å². The summed E-state index contributed by atoms with van der Waals surface area (Å²) in [6.45, 7) is 6.74. The van der Waals surface area contributed by atoms with Crippen LogP contribution < -0.4 is 15.4 Å². The molecule has 0 fully saturated rings. The average Bonchev–Trinajstić information content (AvgIpc) is 2.66. The largest absolute Gasteiger partial charge is 0.461 e. The normalized spacial score (nSPS) is 12.2. The topological polar surface area (TPSA) is 160 Å². The van der Waals surface area contributed by atoms with E-state index in [1.165, 1.54) is 13.8 Å². The quantitative estimate of drug-likeness (QED) is 0.134. The van der Waals surface area contributed by atoms with Gasteiger partial charge >= 0.3 is 5.97 Å². The summed E-state index contributed by atoms with van der Waals surface area (Å²) in [5.74, 6) is -0.855. The van der Waals surface area contributed by atoms with E-state index >= 15 is 0 Å². The number of carbonyl (C=O) groups is 2. The highest BCUT2D eigenvalue weighted by molar-refractivity contribution is 8.03. The van der Waals surface area contributed by atoms with Crippen LogP contribution >= 0.6 is 0 Å². The van der Waals surface area contributed by atoms with E-state index in [2.05, 4.69) is 21.9 Å². The molecule has 0 aliphatic carbocycles. The van der Waals surface area contributed by atoms with E-state index in [1.54, 1.807) is 0 Å². The van der Waals surface area contributed by atoms with Crippen molar-refractivity contribution in [2.45, 2.75) is 19.1 Å². The summed E-state index contributed by atoms with van der Waals surface area (Å²) < 4.78 is 60.0. The summed E-state index contributed by atoms with van der Waals surface area (Å²) in [7, 11) is -7.16. The predicted molar refractivity (Wildman–Crippen MR) is 107 cm³/mol. The van der Waals surface area contributed by atoms with Crippen molar-refractivity contribution in [3.8, 4) is 0 Å². The lowest BCUT2D eigenvalue weighted by atomic mass is 10.5. The molecule has 0 rings (SSSR count). The summed E-state index contributed by atoms with van der Waals surface area (Å²) in [6, 6.07) is 0. The monoisotopic (exact) mass is 458 g/mol. The van der Waals surface area contributed by atoms with Crippen LogP contribution in [0, 0.1) is 0 Å². The number of nitrogens with zero attached hydrogens (tertiary/aromatic N) is 1. The number of carbonyl (C=O) groups excluding carboxylic acids is 2. The Labute approximate surface area is 172 Å². The van der Waals surface area contributed by atoms with E-state index in [4.69, 9.17) is 9.47 Å². The van der Waals surface area contributed by atoms with Crippen LogP contribution in [-0.2, 0) is 39.3 Å². The van der Waals surface area contributed by atoms with E-state index < -0.39 is 31.5 Å². The maximum Gasteiger partial charge on any atom is 0.330 e. The maximum absolute atomic E-state index is 11.9. The molecule has 0 aromatic carbocycles. The zero-order valence-electron chi connectivity index (χ0n) is 16.8. The second kappa shape index (κ2) is 13.6. The SMILES string of the molecule is C=CC(=O)OCCNC(=O)CNCCOCCNS(=O)(=O)N(C)S(=O)(=O)C(C)C. The first-order chi connectivity index (χ1) is 13.4.